The molecule has 2 rings (SSSR count). The molecule has 100 valence electrons. The van der Waals surface area contributed by atoms with E-state index in [-0.39, 0.29) is 29.5 Å². The fourth-order valence-electron chi connectivity index (χ4n) is 1.69. The van der Waals surface area contributed by atoms with Crippen LogP contribution in [0.2, 0.25) is 0 Å². The summed E-state index contributed by atoms with van der Waals surface area (Å²) in [5, 5.41) is 2.68. The van der Waals surface area contributed by atoms with Crippen LogP contribution < -0.4 is 5.32 Å². The molecule has 0 radical (unpaired) electrons. The number of rotatable bonds is 4. The highest BCUT2D eigenvalue weighted by molar-refractivity contribution is 5.99. The molecule has 2 aromatic rings. The number of hydrogen-bond acceptors (Lipinski definition) is 3. The number of halogens is 1. The van der Waals surface area contributed by atoms with Gasteiger partial charge >= 0.3 is 0 Å². The summed E-state index contributed by atoms with van der Waals surface area (Å²) in [5.74, 6) is -0.685. The lowest BCUT2D eigenvalue weighted by atomic mass is 10.1. The van der Waals surface area contributed by atoms with Crippen LogP contribution >= 0.6 is 0 Å². The summed E-state index contributed by atoms with van der Waals surface area (Å²) in [6.45, 7) is 0.262. The van der Waals surface area contributed by atoms with Crippen molar-refractivity contribution < 1.29 is 14.0 Å². The van der Waals surface area contributed by atoms with Crippen molar-refractivity contribution in [3.63, 3.8) is 0 Å². The number of carbonyl (C=O) groups is 1. The van der Waals surface area contributed by atoms with E-state index in [1.54, 1.807) is 36.4 Å². The topological polar surface area (TPSA) is 58.5 Å². The van der Waals surface area contributed by atoms with E-state index >= 15 is 0 Å². The predicted octanol–water partition coefficient (Wildman–Crippen LogP) is 2.72. The Balaban J connectivity index is 2.09. The van der Waals surface area contributed by atoms with Crippen LogP contribution in [0.3, 0.4) is 0 Å². The SMILES string of the molecule is O=C=Nc1ccccc1C(=O)NCc1ccc(F)cc1. The van der Waals surface area contributed by atoms with Crippen molar-refractivity contribution in [1.82, 2.24) is 5.32 Å². The van der Waals surface area contributed by atoms with Crippen LogP contribution in [-0.4, -0.2) is 12.0 Å². The molecule has 4 nitrogen and oxygen atoms in total. The van der Waals surface area contributed by atoms with Crippen LogP contribution in [0.5, 0.6) is 0 Å². The number of carbonyl (C=O) groups excluding carboxylic acids is 2. The number of isocyanates is 1. The Morgan fingerprint density at radius 1 is 1.15 bits per heavy atom. The van der Waals surface area contributed by atoms with Crippen molar-refractivity contribution in [3.8, 4) is 0 Å². The van der Waals surface area contributed by atoms with Gasteiger partial charge in [-0.1, -0.05) is 24.3 Å². The van der Waals surface area contributed by atoms with Gasteiger partial charge in [0.1, 0.15) is 5.82 Å². The Morgan fingerprint density at radius 3 is 2.55 bits per heavy atom. The standard InChI is InChI=1S/C15H11FN2O2/c16-12-7-5-11(6-8-12)9-17-15(20)13-3-1-2-4-14(13)18-10-19/h1-8H,9H2,(H,17,20). The molecule has 0 atom stereocenters. The first-order chi connectivity index (χ1) is 9.70. The number of benzene rings is 2. The number of amides is 1. The molecule has 2 aromatic carbocycles. The van der Waals surface area contributed by atoms with E-state index in [1.165, 1.54) is 18.2 Å². The quantitative estimate of drug-likeness (QED) is 0.686. The molecule has 0 saturated heterocycles. The van der Waals surface area contributed by atoms with Crippen LogP contribution in [0.25, 0.3) is 0 Å². The van der Waals surface area contributed by atoms with Crippen LogP contribution in [0.1, 0.15) is 15.9 Å². The lowest BCUT2D eigenvalue weighted by Crippen LogP contribution is -2.22. The molecule has 0 bridgehead atoms. The maximum absolute atomic E-state index is 12.8. The molecule has 0 spiro atoms. The normalized spacial score (nSPS) is 9.65. The van der Waals surface area contributed by atoms with Crippen LogP contribution in [0.15, 0.2) is 53.5 Å². The van der Waals surface area contributed by atoms with Crippen LogP contribution in [-0.2, 0) is 11.3 Å². The lowest BCUT2D eigenvalue weighted by Gasteiger charge is -2.07. The molecule has 1 amide bonds. The molecular formula is C15H11FN2O2. The van der Waals surface area contributed by atoms with E-state index in [1.807, 2.05) is 0 Å². The molecule has 0 heterocycles. The molecule has 0 fully saturated rings. The summed E-state index contributed by atoms with van der Waals surface area (Å²) in [6.07, 6.45) is 1.41. The van der Waals surface area contributed by atoms with Gasteiger partial charge in [-0.15, -0.1) is 0 Å². The van der Waals surface area contributed by atoms with Gasteiger partial charge in [-0.25, -0.2) is 9.18 Å². The van der Waals surface area contributed by atoms with E-state index in [4.69, 9.17) is 0 Å². The van der Waals surface area contributed by atoms with Crippen molar-refractivity contribution in [2.45, 2.75) is 6.54 Å². The minimum absolute atomic E-state index is 0.262. The van der Waals surface area contributed by atoms with Gasteiger partial charge in [0, 0.05) is 6.54 Å². The molecule has 0 aliphatic heterocycles. The van der Waals surface area contributed by atoms with E-state index < -0.39 is 0 Å². The first-order valence-electron chi connectivity index (χ1n) is 5.90. The fourth-order valence-corrected chi connectivity index (χ4v) is 1.69. The number of nitrogens with zero attached hydrogens (tertiary/aromatic N) is 1. The van der Waals surface area contributed by atoms with Gasteiger partial charge in [-0.2, -0.15) is 4.99 Å². The maximum atomic E-state index is 12.8. The third-order valence-electron chi connectivity index (χ3n) is 2.68. The molecular weight excluding hydrogens is 259 g/mol. The van der Waals surface area contributed by atoms with E-state index in [0.29, 0.717) is 0 Å². The Labute approximate surface area is 115 Å². The zero-order chi connectivity index (χ0) is 14.4. The van der Waals surface area contributed by atoms with Crippen LogP contribution in [0.4, 0.5) is 10.1 Å². The predicted molar refractivity (Wildman–Crippen MR) is 71.8 cm³/mol. The van der Waals surface area contributed by atoms with Gasteiger partial charge in [0.2, 0.25) is 6.08 Å². The van der Waals surface area contributed by atoms with Crippen molar-refractivity contribution in [3.05, 3.63) is 65.5 Å². The number of hydrogen-bond donors (Lipinski definition) is 1. The Hall–Kier alpha value is -2.78. The zero-order valence-electron chi connectivity index (χ0n) is 10.5. The highest BCUT2D eigenvalue weighted by atomic mass is 19.1. The minimum Gasteiger partial charge on any atom is -0.348 e. The highest BCUT2D eigenvalue weighted by Crippen LogP contribution is 2.17. The molecule has 0 unspecified atom stereocenters. The third-order valence-corrected chi connectivity index (χ3v) is 2.68. The summed E-state index contributed by atoms with van der Waals surface area (Å²) >= 11 is 0. The minimum atomic E-state index is -0.357. The Kier molecular flexibility index (Phi) is 4.37. The lowest BCUT2D eigenvalue weighted by molar-refractivity contribution is 0.0951. The third kappa shape index (κ3) is 3.37. The zero-order valence-corrected chi connectivity index (χ0v) is 10.5. The molecule has 0 aliphatic rings. The molecule has 0 saturated carbocycles. The van der Waals surface area contributed by atoms with Gasteiger partial charge in [0.15, 0.2) is 0 Å². The van der Waals surface area contributed by atoms with Gasteiger partial charge in [-0.05, 0) is 29.8 Å². The second-order valence-electron chi connectivity index (χ2n) is 4.03. The first kappa shape index (κ1) is 13.6. The Bertz CT molecular complexity index is 662. The van der Waals surface area contributed by atoms with Crippen LogP contribution in [0, 0.1) is 5.82 Å². The van der Waals surface area contributed by atoms with Gasteiger partial charge in [0.05, 0.1) is 11.3 Å². The Morgan fingerprint density at radius 2 is 1.85 bits per heavy atom. The second-order valence-corrected chi connectivity index (χ2v) is 4.03. The van der Waals surface area contributed by atoms with Crippen molar-refractivity contribution in [1.29, 1.82) is 0 Å². The maximum Gasteiger partial charge on any atom is 0.253 e. The van der Waals surface area contributed by atoms with Gasteiger partial charge < -0.3 is 5.32 Å². The summed E-state index contributed by atoms with van der Waals surface area (Å²) in [6, 6.07) is 12.3. The monoisotopic (exact) mass is 270 g/mol. The summed E-state index contributed by atoms with van der Waals surface area (Å²) in [7, 11) is 0. The van der Waals surface area contributed by atoms with Crippen molar-refractivity contribution in [2.24, 2.45) is 4.99 Å². The molecule has 1 N–H and O–H groups in total. The average Bonchev–Trinajstić information content (AvgIpc) is 2.47. The van der Waals surface area contributed by atoms with Gasteiger partial charge in [-0.3, -0.25) is 4.79 Å². The summed E-state index contributed by atoms with van der Waals surface area (Å²) < 4.78 is 12.8. The molecule has 0 aliphatic carbocycles. The van der Waals surface area contributed by atoms with E-state index in [0.717, 1.165) is 5.56 Å². The smallest absolute Gasteiger partial charge is 0.253 e. The van der Waals surface area contributed by atoms with E-state index in [9.17, 15) is 14.0 Å². The van der Waals surface area contributed by atoms with Gasteiger partial charge in [0.25, 0.3) is 5.91 Å². The largest absolute Gasteiger partial charge is 0.348 e. The molecule has 5 heteroatoms. The van der Waals surface area contributed by atoms with Crippen molar-refractivity contribution in [2.75, 3.05) is 0 Å². The van der Waals surface area contributed by atoms with Crippen molar-refractivity contribution >= 4 is 17.7 Å². The molecule has 0 aromatic heterocycles. The average molecular weight is 270 g/mol. The fraction of sp³-hybridized carbons (Fsp3) is 0.0667. The number of nitrogens with one attached hydrogen (secondary N) is 1. The van der Waals surface area contributed by atoms with E-state index in [2.05, 4.69) is 10.3 Å². The second kappa shape index (κ2) is 6.41. The molecule has 20 heavy (non-hydrogen) atoms. The highest BCUT2D eigenvalue weighted by Gasteiger charge is 2.10. The number of para-hydroxylation sites is 1. The summed E-state index contributed by atoms with van der Waals surface area (Å²) in [4.78, 5) is 25.8. The first-order valence-corrected chi connectivity index (χ1v) is 5.90. The number of aliphatic imine (C=N–C) groups is 1. The summed E-state index contributed by atoms with van der Waals surface area (Å²) in [5.41, 5.74) is 1.33.